The minimum absolute atomic E-state index is 0.343. The van der Waals surface area contributed by atoms with E-state index in [0.29, 0.717) is 19.1 Å². The van der Waals surface area contributed by atoms with Crippen molar-refractivity contribution in [3.8, 4) is 11.5 Å². The lowest BCUT2D eigenvalue weighted by atomic mass is 9.96. The molecule has 0 saturated carbocycles. The van der Waals surface area contributed by atoms with Gasteiger partial charge in [-0.3, -0.25) is 9.88 Å². The van der Waals surface area contributed by atoms with E-state index < -0.39 is 0 Å². The lowest BCUT2D eigenvalue weighted by Crippen LogP contribution is -2.33. The van der Waals surface area contributed by atoms with Crippen molar-refractivity contribution < 1.29 is 9.47 Å². The van der Waals surface area contributed by atoms with Gasteiger partial charge in [-0.2, -0.15) is 0 Å². The zero-order chi connectivity index (χ0) is 24.9. The first-order valence-electron chi connectivity index (χ1n) is 12.5. The molecule has 0 spiro atoms. The Morgan fingerprint density at radius 1 is 0.972 bits per heavy atom. The summed E-state index contributed by atoms with van der Waals surface area (Å²) < 4.78 is 10.9. The summed E-state index contributed by atoms with van der Waals surface area (Å²) in [4.78, 5) is 19.1. The summed E-state index contributed by atoms with van der Waals surface area (Å²) in [5, 5.41) is 1.05. The molecule has 1 aliphatic heterocycles. The SMILES string of the molecule is COc1ccc(CN(C)c2nc(CN3CCCC[C@H]3c3cccnc3)nc3ccccc23)cc1OC. The van der Waals surface area contributed by atoms with Gasteiger partial charge in [0.1, 0.15) is 11.6 Å². The molecule has 4 aromatic rings. The highest BCUT2D eigenvalue weighted by molar-refractivity contribution is 5.89. The second-order valence-corrected chi connectivity index (χ2v) is 9.29. The van der Waals surface area contributed by atoms with E-state index in [2.05, 4.69) is 46.1 Å². The van der Waals surface area contributed by atoms with E-state index in [0.717, 1.165) is 52.6 Å². The molecule has 0 N–H and O–H groups in total. The maximum atomic E-state index is 5.51. The van der Waals surface area contributed by atoms with Crippen LogP contribution in [0.2, 0.25) is 0 Å². The molecule has 0 amide bonds. The Hall–Kier alpha value is -3.71. The molecule has 36 heavy (non-hydrogen) atoms. The molecule has 0 radical (unpaired) electrons. The van der Waals surface area contributed by atoms with Crippen LogP contribution in [-0.4, -0.2) is 47.7 Å². The molecule has 1 aliphatic rings. The van der Waals surface area contributed by atoms with Gasteiger partial charge < -0.3 is 14.4 Å². The van der Waals surface area contributed by atoms with Crippen LogP contribution >= 0.6 is 0 Å². The third-order valence-electron chi connectivity index (χ3n) is 6.89. The summed E-state index contributed by atoms with van der Waals surface area (Å²) in [6.45, 7) is 2.43. The fourth-order valence-electron chi connectivity index (χ4n) is 5.11. The third kappa shape index (κ3) is 5.11. The predicted molar refractivity (Wildman–Crippen MR) is 142 cm³/mol. The van der Waals surface area contributed by atoms with Gasteiger partial charge in [0.2, 0.25) is 0 Å². The van der Waals surface area contributed by atoms with E-state index in [1.807, 2.05) is 42.7 Å². The van der Waals surface area contributed by atoms with Gasteiger partial charge >= 0.3 is 0 Å². The average Bonchev–Trinajstić information content (AvgIpc) is 2.93. The number of benzene rings is 2. The van der Waals surface area contributed by atoms with Gasteiger partial charge in [-0.1, -0.05) is 30.7 Å². The summed E-state index contributed by atoms with van der Waals surface area (Å²) >= 11 is 0. The van der Waals surface area contributed by atoms with Crippen molar-refractivity contribution in [1.82, 2.24) is 19.9 Å². The zero-order valence-electron chi connectivity index (χ0n) is 21.2. The number of rotatable bonds is 8. The van der Waals surface area contributed by atoms with Crippen LogP contribution in [0.4, 0.5) is 5.82 Å². The molecule has 7 heteroatoms. The minimum Gasteiger partial charge on any atom is -0.493 e. The molecule has 1 saturated heterocycles. The summed E-state index contributed by atoms with van der Waals surface area (Å²) in [6, 6.07) is 18.8. The number of aromatic nitrogens is 3. The number of anilines is 1. The quantitative estimate of drug-likeness (QED) is 0.332. The maximum Gasteiger partial charge on any atom is 0.161 e. The molecule has 1 fully saturated rings. The van der Waals surface area contributed by atoms with E-state index in [4.69, 9.17) is 19.4 Å². The fourth-order valence-corrected chi connectivity index (χ4v) is 5.11. The van der Waals surface area contributed by atoms with Crippen molar-refractivity contribution in [3.05, 3.63) is 83.9 Å². The first-order valence-corrected chi connectivity index (χ1v) is 12.5. The molecule has 7 nitrogen and oxygen atoms in total. The molecule has 5 rings (SSSR count). The Bertz CT molecular complexity index is 1310. The zero-order valence-corrected chi connectivity index (χ0v) is 21.2. The number of likely N-dealkylation sites (tertiary alicyclic amines) is 1. The second kappa shape index (κ2) is 10.9. The Labute approximate surface area is 212 Å². The highest BCUT2D eigenvalue weighted by Gasteiger charge is 2.25. The minimum atomic E-state index is 0.343. The number of hydrogen-bond acceptors (Lipinski definition) is 7. The number of methoxy groups -OCH3 is 2. The number of pyridine rings is 1. The third-order valence-corrected chi connectivity index (χ3v) is 6.89. The van der Waals surface area contributed by atoms with Crippen molar-refractivity contribution in [2.45, 2.75) is 38.4 Å². The van der Waals surface area contributed by atoms with Gasteiger partial charge in [-0.15, -0.1) is 0 Å². The van der Waals surface area contributed by atoms with Crippen LogP contribution in [0, 0.1) is 0 Å². The summed E-state index contributed by atoms with van der Waals surface area (Å²) in [5.41, 5.74) is 3.35. The van der Waals surface area contributed by atoms with Crippen LogP contribution in [0.1, 0.15) is 42.3 Å². The number of hydrogen-bond donors (Lipinski definition) is 0. The molecule has 0 bridgehead atoms. The van der Waals surface area contributed by atoms with Gasteiger partial charge in [0, 0.05) is 37.4 Å². The Balaban J connectivity index is 1.44. The predicted octanol–water partition coefficient (Wildman–Crippen LogP) is 5.41. The van der Waals surface area contributed by atoms with E-state index in [9.17, 15) is 0 Å². The Kier molecular flexibility index (Phi) is 7.28. The fraction of sp³-hybridized carbons (Fsp3) is 0.345. The number of ether oxygens (including phenoxy) is 2. The summed E-state index contributed by atoms with van der Waals surface area (Å²) in [5.74, 6) is 3.23. The standard InChI is InChI=1S/C29H33N5O2/c1-33(19-21-13-14-26(35-2)27(17-21)36-3)29-23-10-4-5-11-24(23)31-28(32-29)20-34-16-7-6-12-25(34)22-9-8-15-30-18-22/h4-5,8-11,13-15,17-18,25H,6-7,12,16,19-20H2,1-3H3/t25-/m0/s1. The van der Waals surface area contributed by atoms with Crippen LogP contribution in [0.3, 0.4) is 0 Å². The lowest BCUT2D eigenvalue weighted by molar-refractivity contribution is 0.137. The Morgan fingerprint density at radius 2 is 1.83 bits per heavy atom. The molecule has 2 aromatic heterocycles. The largest absolute Gasteiger partial charge is 0.493 e. The normalized spacial score (nSPS) is 16.1. The molecule has 0 unspecified atom stereocenters. The molecule has 186 valence electrons. The van der Waals surface area contributed by atoms with Gasteiger partial charge in [0.15, 0.2) is 11.5 Å². The number of nitrogens with zero attached hydrogens (tertiary/aromatic N) is 5. The first-order chi connectivity index (χ1) is 17.7. The van der Waals surface area contributed by atoms with E-state index in [1.165, 1.54) is 18.4 Å². The second-order valence-electron chi connectivity index (χ2n) is 9.29. The van der Waals surface area contributed by atoms with Crippen LogP contribution in [0.25, 0.3) is 10.9 Å². The first kappa shape index (κ1) is 24.0. The molecule has 1 atom stereocenters. The van der Waals surface area contributed by atoms with Crippen LogP contribution in [0.5, 0.6) is 11.5 Å². The van der Waals surface area contributed by atoms with Crippen molar-refractivity contribution >= 4 is 16.7 Å². The number of fused-ring (bicyclic) bond motifs is 1. The average molecular weight is 484 g/mol. The van der Waals surface area contributed by atoms with Crippen LogP contribution in [0.15, 0.2) is 67.0 Å². The van der Waals surface area contributed by atoms with E-state index in [1.54, 1.807) is 14.2 Å². The molecule has 2 aromatic carbocycles. The topological polar surface area (TPSA) is 63.6 Å². The number of para-hydroxylation sites is 1. The van der Waals surface area contributed by atoms with Crippen molar-refractivity contribution in [3.63, 3.8) is 0 Å². The van der Waals surface area contributed by atoms with Gasteiger partial charge in [-0.25, -0.2) is 9.97 Å². The smallest absolute Gasteiger partial charge is 0.161 e. The lowest BCUT2D eigenvalue weighted by Gasteiger charge is -2.35. The molecular weight excluding hydrogens is 450 g/mol. The summed E-state index contributed by atoms with van der Waals surface area (Å²) in [6.07, 6.45) is 7.38. The highest BCUT2D eigenvalue weighted by atomic mass is 16.5. The van der Waals surface area contributed by atoms with Crippen molar-refractivity contribution in [1.29, 1.82) is 0 Å². The van der Waals surface area contributed by atoms with E-state index in [-0.39, 0.29) is 0 Å². The van der Waals surface area contributed by atoms with Gasteiger partial charge in [-0.05, 0) is 60.8 Å². The van der Waals surface area contributed by atoms with Crippen molar-refractivity contribution in [2.75, 3.05) is 32.7 Å². The number of piperidine rings is 1. The van der Waals surface area contributed by atoms with Crippen LogP contribution < -0.4 is 14.4 Å². The van der Waals surface area contributed by atoms with Crippen LogP contribution in [-0.2, 0) is 13.1 Å². The highest BCUT2D eigenvalue weighted by Crippen LogP contribution is 2.33. The van der Waals surface area contributed by atoms with E-state index >= 15 is 0 Å². The van der Waals surface area contributed by atoms with Crippen molar-refractivity contribution in [2.24, 2.45) is 0 Å². The maximum absolute atomic E-state index is 5.51. The van der Waals surface area contributed by atoms with Gasteiger partial charge in [0.25, 0.3) is 0 Å². The Morgan fingerprint density at radius 3 is 2.64 bits per heavy atom. The molecular formula is C29H33N5O2. The monoisotopic (exact) mass is 483 g/mol. The molecule has 3 heterocycles. The molecule has 0 aliphatic carbocycles. The van der Waals surface area contributed by atoms with Gasteiger partial charge in [0.05, 0.1) is 26.3 Å². The summed E-state index contributed by atoms with van der Waals surface area (Å²) in [7, 11) is 5.39.